The predicted octanol–water partition coefficient (Wildman–Crippen LogP) is 0.0859. The van der Waals surface area contributed by atoms with Crippen LogP contribution in [-0.4, -0.2) is 84.4 Å². The minimum atomic E-state index is -1.76. The fourth-order valence-electron chi connectivity index (χ4n) is 4.19. The lowest BCUT2D eigenvalue weighted by Crippen LogP contribution is -2.67. The Morgan fingerprint density at radius 2 is 1.29 bits per heavy atom. The van der Waals surface area contributed by atoms with Crippen LogP contribution in [0.4, 0.5) is 0 Å². The molecule has 0 amide bonds. The second-order valence-corrected chi connectivity index (χ2v) is 7.92. The van der Waals surface area contributed by atoms with Gasteiger partial charge in [-0.3, -0.25) is 24.0 Å². The summed E-state index contributed by atoms with van der Waals surface area (Å²) in [4.78, 5) is 71.7. The topological polar surface area (TPSA) is 190 Å². The third-order valence-corrected chi connectivity index (χ3v) is 5.43. The number of carbonyl (C=O) groups is 5. The van der Waals surface area contributed by atoms with Gasteiger partial charge in [-0.1, -0.05) is 5.18 Å². The van der Waals surface area contributed by atoms with Crippen molar-refractivity contribution >= 4 is 29.8 Å². The molecular weight excluding hydrogens is 462 g/mol. The first-order valence-electron chi connectivity index (χ1n) is 10.4. The molecular formula is C20H27NO13. The van der Waals surface area contributed by atoms with E-state index in [1.807, 2.05) is 0 Å². The van der Waals surface area contributed by atoms with Crippen LogP contribution in [-0.2, 0) is 52.4 Å². The fraction of sp³-hybridized carbons (Fsp3) is 0.750. The van der Waals surface area contributed by atoms with Crippen LogP contribution in [0.15, 0.2) is 5.18 Å². The van der Waals surface area contributed by atoms with E-state index in [0.29, 0.717) is 0 Å². The predicted molar refractivity (Wildman–Crippen MR) is 107 cm³/mol. The number of esters is 4. The molecule has 0 aromatic rings. The second-order valence-electron chi connectivity index (χ2n) is 7.92. The van der Waals surface area contributed by atoms with E-state index in [1.54, 1.807) is 0 Å². The number of hydrogen-bond acceptors (Lipinski definition) is 13. The zero-order chi connectivity index (χ0) is 25.6. The van der Waals surface area contributed by atoms with Crippen molar-refractivity contribution in [2.75, 3.05) is 13.2 Å². The van der Waals surface area contributed by atoms with Gasteiger partial charge in [0, 0.05) is 53.8 Å². The van der Waals surface area contributed by atoms with E-state index in [9.17, 15) is 34.0 Å². The second kappa shape index (κ2) is 11.3. The number of nitroso groups, excluding NO2 is 1. The quantitative estimate of drug-likeness (QED) is 0.274. The Morgan fingerprint density at radius 3 is 1.74 bits per heavy atom. The van der Waals surface area contributed by atoms with Gasteiger partial charge in [0.05, 0.1) is 0 Å². The van der Waals surface area contributed by atoms with Gasteiger partial charge in [0.1, 0.15) is 17.6 Å². The Morgan fingerprint density at radius 1 is 0.824 bits per heavy atom. The largest absolute Gasteiger partial charge is 0.481 e. The van der Waals surface area contributed by atoms with E-state index in [0.717, 1.165) is 27.7 Å². The summed E-state index contributed by atoms with van der Waals surface area (Å²) in [6.45, 7) is 4.12. The summed E-state index contributed by atoms with van der Waals surface area (Å²) < 4.78 is 31.7. The number of nitrogens with zero attached hydrogens (tertiary/aromatic N) is 1. The molecule has 2 fully saturated rings. The van der Waals surface area contributed by atoms with Gasteiger partial charge < -0.3 is 33.5 Å². The van der Waals surface area contributed by atoms with Crippen LogP contribution >= 0.6 is 0 Å². The van der Waals surface area contributed by atoms with Crippen LogP contribution in [0.2, 0.25) is 0 Å². The first-order chi connectivity index (χ1) is 15.9. The average Bonchev–Trinajstić information content (AvgIpc) is 2.72. The highest BCUT2D eigenvalue weighted by molar-refractivity contribution is 5.74. The molecule has 2 rings (SSSR count). The van der Waals surface area contributed by atoms with Crippen molar-refractivity contribution in [2.24, 2.45) is 11.1 Å². The molecule has 190 valence electrons. The number of carbonyl (C=O) groups excluding carboxylic acids is 4. The summed E-state index contributed by atoms with van der Waals surface area (Å²) in [7, 11) is 0. The SMILES string of the molecule is CC(=O)OC1O[C@H](C(C(=O)O)C2(N=O)CCOCC2)[C@H](OC(C)=O)[C@@H](OC(C)=O)[C@@H]1OC(C)=O. The maximum atomic E-state index is 12.4. The molecule has 14 heteroatoms. The highest BCUT2D eigenvalue weighted by atomic mass is 16.7. The van der Waals surface area contributed by atoms with Gasteiger partial charge in [0.2, 0.25) is 12.4 Å². The van der Waals surface area contributed by atoms with Crippen LogP contribution in [0, 0.1) is 10.8 Å². The van der Waals surface area contributed by atoms with E-state index in [4.69, 9.17) is 28.4 Å². The Bertz CT molecular complexity index is 821. The van der Waals surface area contributed by atoms with Gasteiger partial charge in [-0.2, -0.15) is 4.91 Å². The molecule has 0 spiro atoms. The molecule has 14 nitrogen and oxygen atoms in total. The summed E-state index contributed by atoms with van der Waals surface area (Å²) in [6, 6.07) is 0. The Kier molecular flexibility index (Phi) is 9.04. The number of carboxylic acid groups (broad SMARTS) is 1. The van der Waals surface area contributed by atoms with Crippen molar-refractivity contribution in [3.8, 4) is 0 Å². The first-order valence-corrected chi connectivity index (χ1v) is 10.4. The number of aliphatic carboxylic acids is 1. The van der Waals surface area contributed by atoms with E-state index in [2.05, 4.69) is 5.18 Å². The number of hydrogen-bond donors (Lipinski definition) is 1. The maximum Gasteiger partial charge on any atom is 0.311 e. The zero-order valence-electron chi connectivity index (χ0n) is 19.1. The number of rotatable bonds is 8. The first kappa shape index (κ1) is 27.1. The summed E-state index contributed by atoms with van der Waals surface area (Å²) in [6.07, 6.45) is -8.56. The maximum absolute atomic E-state index is 12.4. The molecule has 2 aliphatic rings. The Hall–Kier alpha value is -3.13. The van der Waals surface area contributed by atoms with Gasteiger partial charge in [0.15, 0.2) is 12.2 Å². The summed E-state index contributed by atoms with van der Waals surface area (Å²) in [5.74, 6) is -6.86. The van der Waals surface area contributed by atoms with Crippen LogP contribution in [0.25, 0.3) is 0 Å². The summed E-state index contributed by atoms with van der Waals surface area (Å²) in [5, 5.41) is 13.2. The molecule has 0 radical (unpaired) electrons. The lowest BCUT2D eigenvalue weighted by atomic mass is 9.72. The molecule has 2 saturated heterocycles. The van der Waals surface area contributed by atoms with Crippen molar-refractivity contribution in [1.29, 1.82) is 0 Å². The smallest absolute Gasteiger partial charge is 0.311 e. The highest BCUT2D eigenvalue weighted by Gasteiger charge is 2.61. The van der Waals surface area contributed by atoms with Gasteiger partial charge in [0.25, 0.3) is 0 Å². The standard InChI is InChI=1S/C20H27NO13/c1-9(22)30-15-14(13(18(26)27)20(21-28)5-7-29-8-6-20)34-19(33-12(4)25)17(32-11(3)24)16(15)31-10(2)23/h13-17,19H,5-8H2,1-4H3,(H,26,27)/t13?,14-,15+,16-,17+,19?/m1/s1. The Balaban J connectivity index is 2.67. The summed E-state index contributed by atoms with van der Waals surface area (Å²) >= 11 is 0. The minimum Gasteiger partial charge on any atom is -0.481 e. The van der Waals surface area contributed by atoms with Gasteiger partial charge in [-0.05, 0) is 0 Å². The molecule has 2 aliphatic heterocycles. The van der Waals surface area contributed by atoms with E-state index in [1.165, 1.54) is 0 Å². The molecule has 1 N–H and O–H groups in total. The van der Waals surface area contributed by atoms with Crippen LogP contribution in [0.5, 0.6) is 0 Å². The monoisotopic (exact) mass is 489 g/mol. The average molecular weight is 489 g/mol. The van der Waals surface area contributed by atoms with E-state index >= 15 is 0 Å². The third kappa shape index (κ3) is 6.26. The van der Waals surface area contributed by atoms with Crippen molar-refractivity contribution in [1.82, 2.24) is 0 Å². The Labute approximate surface area is 194 Å². The van der Waals surface area contributed by atoms with Crippen molar-refractivity contribution in [3.63, 3.8) is 0 Å². The molecule has 0 aromatic heterocycles. The lowest BCUT2D eigenvalue weighted by molar-refractivity contribution is -0.306. The third-order valence-electron chi connectivity index (χ3n) is 5.43. The lowest BCUT2D eigenvalue weighted by Gasteiger charge is -2.48. The molecule has 6 atom stereocenters. The summed E-state index contributed by atoms with van der Waals surface area (Å²) in [5.41, 5.74) is -1.75. The van der Waals surface area contributed by atoms with Crippen molar-refractivity contribution in [3.05, 3.63) is 4.91 Å². The molecule has 34 heavy (non-hydrogen) atoms. The molecule has 2 heterocycles. The van der Waals surface area contributed by atoms with E-state index in [-0.39, 0.29) is 26.1 Å². The van der Waals surface area contributed by atoms with Gasteiger partial charge in [-0.15, -0.1) is 0 Å². The number of ether oxygens (including phenoxy) is 6. The van der Waals surface area contributed by atoms with E-state index < -0.39 is 72.0 Å². The molecule has 2 unspecified atom stereocenters. The van der Waals surface area contributed by atoms with Crippen molar-refractivity contribution in [2.45, 2.75) is 76.8 Å². The van der Waals surface area contributed by atoms with Gasteiger partial charge in [-0.25, -0.2) is 0 Å². The molecule has 0 aromatic carbocycles. The van der Waals surface area contributed by atoms with Crippen LogP contribution < -0.4 is 0 Å². The molecule has 0 bridgehead atoms. The van der Waals surface area contributed by atoms with Crippen LogP contribution in [0.1, 0.15) is 40.5 Å². The molecule has 0 saturated carbocycles. The highest BCUT2D eigenvalue weighted by Crippen LogP contribution is 2.42. The zero-order valence-corrected chi connectivity index (χ0v) is 19.1. The van der Waals surface area contributed by atoms with Gasteiger partial charge >= 0.3 is 29.8 Å². The molecule has 0 aliphatic carbocycles. The normalized spacial score (nSPS) is 29.1. The van der Waals surface area contributed by atoms with Crippen LogP contribution in [0.3, 0.4) is 0 Å². The number of carboxylic acids is 1. The van der Waals surface area contributed by atoms with Crippen molar-refractivity contribution < 1.29 is 57.5 Å². The minimum absolute atomic E-state index is 0.0251. The fourth-order valence-corrected chi connectivity index (χ4v) is 4.19.